The normalized spacial score (nSPS) is 21.6. The summed E-state index contributed by atoms with van der Waals surface area (Å²) in [5.41, 5.74) is -0.205. The van der Waals surface area contributed by atoms with Gasteiger partial charge in [-0.2, -0.15) is 0 Å². The molecule has 0 aromatic heterocycles. The average Bonchev–Trinajstić information content (AvgIpc) is 2.51. The fourth-order valence-corrected chi connectivity index (χ4v) is 14.9. The molecule has 1 heterocycles. The number of hydrogen-bond acceptors (Lipinski definition) is 6. The van der Waals surface area contributed by atoms with Gasteiger partial charge in [-0.1, -0.05) is 0 Å². The van der Waals surface area contributed by atoms with Crippen molar-refractivity contribution in [1.29, 1.82) is 0 Å². The van der Waals surface area contributed by atoms with E-state index in [4.69, 9.17) is 18.1 Å². The molecule has 0 N–H and O–H groups in total. The van der Waals surface area contributed by atoms with Gasteiger partial charge in [0.1, 0.15) is 0 Å². The van der Waals surface area contributed by atoms with Crippen LogP contribution in [-0.4, -0.2) is 26.4 Å². The fourth-order valence-electron chi connectivity index (χ4n) is 1.76. The van der Waals surface area contributed by atoms with Crippen LogP contribution in [0, 0.1) is 5.41 Å². The summed E-state index contributed by atoms with van der Waals surface area (Å²) < 4.78 is 49.6. The second-order valence-corrected chi connectivity index (χ2v) is 23.2. The van der Waals surface area contributed by atoms with E-state index in [1.54, 1.807) is 11.7 Å². The third kappa shape index (κ3) is 5.40. The third-order valence-electron chi connectivity index (χ3n) is 3.58. The Hall–Kier alpha value is 0.806. The monoisotopic (exact) mass is 431 g/mol. The second kappa shape index (κ2) is 9.14. The zero-order valence-electron chi connectivity index (χ0n) is 15.8. The van der Waals surface area contributed by atoms with Gasteiger partial charge in [-0.15, -0.1) is 0 Å². The molecule has 24 heavy (non-hydrogen) atoms. The van der Waals surface area contributed by atoms with Crippen molar-refractivity contribution in [3.63, 3.8) is 0 Å². The molecule has 1 saturated heterocycles. The molecular weight excluding hydrogens is 397 g/mol. The molecule has 0 aromatic carbocycles. The van der Waals surface area contributed by atoms with Crippen molar-refractivity contribution >= 4 is 12.7 Å². The van der Waals surface area contributed by atoms with Crippen molar-refractivity contribution in [2.45, 2.75) is 65.1 Å². The molecule has 0 radical (unpaired) electrons. The van der Waals surface area contributed by atoms with E-state index < -0.39 is 24.4 Å². The standard InChI is InChI=1S/C8H18O3P.C5H10O3P.2CH3.Co/c1-3-5-7-10-12(9)11-8-6-4-2;1-5(2)3-7-9(6)8-4-5;;;/h3-8H2,1-2H3;3-4H2,1-2H3;2*1H3;/q2*+1;;;-2. The van der Waals surface area contributed by atoms with Crippen molar-refractivity contribution in [1.82, 2.24) is 0 Å². The molecule has 1 fully saturated rings. The molecule has 1 aliphatic heterocycles. The van der Waals surface area contributed by atoms with Gasteiger partial charge >= 0.3 is 149 Å². The van der Waals surface area contributed by atoms with Crippen LogP contribution in [-0.2, 0) is 39.0 Å². The van der Waals surface area contributed by atoms with Crippen LogP contribution in [0.2, 0.25) is 11.7 Å². The Morgan fingerprint density at radius 2 is 1.46 bits per heavy atom. The van der Waals surface area contributed by atoms with Crippen LogP contribution in [0.1, 0.15) is 53.4 Å². The molecule has 0 unspecified atom stereocenters. The minimum atomic E-state index is -3.56. The SMILES string of the molecule is CCCCO[P](=O)(OCCCC)[Co]([CH3])([CH3])[P]1(=O)OCC(C)(C)CO1. The molecule has 0 aliphatic carbocycles. The van der Waals surface area contributed by atoms with Crippen molar-refractivity contribution in [3.8, 4) is 0 Å². The van der Waals surface area contributed by atoms with E-state index in [2.05, 4.69) is 0 Å². The van der Waals surface area contributed by atoms with E-state index in [1.165, 1.54) is 0 Å². The van der Waals surface area contributed by atoms with Crippen LogP contribution in [0.4, 0.5) is 0 Å². The van der Waals surface area contributed by atoms with Crippen molar-refractivity contribution in [2.24, 2.45) is 5.41 Å². The van der Waals surface area contributed by atoms with Crippen molar-refractivity contribution < 1.29 is 39.0 Å². The Balaban J connectivity index is 3.00. The molecule has 1 aliphatic rings. The maximum absolute atomic E-state index is 13.5. The van der Waals surface area contributed by atoms with Gasteiger partial charge in [-0.05, 0) is 0 Å². The molecule has 6 nitrogen and oxygen atoms in total. The van der Waals surface area contributed by atoms with Crippen molar-refractivity contribution in [3.05, 3.63) is 0 Å². The van der Waals surface area contributed by atoms with Crippen LogP contribution in [0.5, 0.6) is 0 Å². The van der Waals surface area contributed by atoms with Gasteiger partial charge in [-0.3, -0.25) is 0 Å². The topological polar surface area (TPSA) is 71.1 Å². The molecule has 149 valence electrons. The first-order chi connectivity index (χ1) is 11.0. The van der Waals surface area contributed by atoms with Gasteiger partial charge in [0.05, 0.1) is 0 Å². The van der Waals surface area contributed by atoms with Gasteiger partial charge < -0.3 is 0 Å². The first-order valence-corrected chi connectivity index (χ1v) is 16.0. The number of hydrogen-bond donors (Lipinski definition) is 0. The third-order valence-corrected chi connectivity index (χ3v) is 21.2. The molecule has 9 heteroatoms. The number of rotatable bonds is 10. The number of unbranched alkanes of at least 4 members (excludes halogenated alkanes) is 2. The van der Waals surface area contributed by atoms with Crippen molar-refractivity contribution in [2.75, 3.05) is 26.4 Å². The summed E-state index contributed by atoms with van der Waals surface area (Å²) >= 11 is -2.74. The van der Waals surface area contributed by atoms with E-state index >= 15 is 0 Å². The molecule has 1 rings (SSSR count). The zero-order chi connectivity index (χ0) is 18.5. The Morgan fingerprint density at radius 3 is 1.83 bits per heavy atom. The molecule has 0 bridgehead atoms. The van der Waals surface area contributed by atoms with E-state index in [-0.39, 0.29) is 5.41 Å². The average molecular weight is 431 g/mol. The summed E-state index contributed by atoms with van der Waals surface area (Å²) in [4.78, 5) is 0. The second-order valence-electron chi connectivity index (χ2n) is 6.89. The summed E-state index contributed by atoms with van der Waals surface area (Å²) in [5.74, 6) is 3.42. The Kier molecular flexibility index (Phi) is 8.70. The predicted molar refractivity (Wildman–Crippen MR) is 94.3 cm³/mol. The van der Waals surface area contributed by atoms with Crippen LogP contribution in [0.25, 0.3) is 0 Å². The summed E-state index contributed by atoms with van der Waals surface area (Å²) in [6.07, 6.45) is -3.68. The maximum atomic E-state index is 13.5. The molecule has 0 spiro atoms. The van der Waals surface area contributed by atoms with E-state index in [0.29, 0.717) is 26.4 Å². The molecule has 0 saturated carbocycles. The minimum absolute atomic E-state index is 0.205. The summed E-state index contributed by atoms with van der Waals surface area (Å²) in [6, 6.07) is 0. The van der Waals surface area contributed by atoms with Crippen LogP contribution >= 0.6 is 12.7 Å². The van der Waals surface area contributed by atoms with Gasteiger partial charge in [0.25, 0.3) is 0 Å². The first-order valence-electron chi connectivity index (χ1n) is 8.34. The molecule has 0 amide bonds. The fraction of sp³-hybridized carbons (Fsp3) is 1.00. The molecular formula is C15H34CoO6P2. The summed E-state index contributed by atoms with van der Waals surface area (Å²) in [7, 11) is 0. The van der Waals surface area contributed by atoms with Crippen LogP contribution in [0.15, 0.2) is 0 Å². The van der Waals surface area contributed by atoms with Gasteiger partial charge in [0.15, 0.2) is 0 Å². The van der Waals surface area contributed by atoms with Crippen LogP contribution in [0.3, 0.4) is 0 Å². The van der Waals surface area contributed by atoms with Gasteiger partial charge in [0, 0.05) is 0 Å². The first kappa shape index (κ1) is 22.8. The summed E-state index contributed by atoms with van der Waals surface area (Å²) in [5, 5.41) is 0. The van der Waals surface area contributed by atoms with E-state index in [0.717, 1.165) is 25.7 Å². The van der Waals surface area contributed by atoms with E-state index in [1.807, 2.05) is 27.7 Å². The summed E-state index contributed by atoms with van der Waals surface area (Å²) in [6.45, 7) is 9.32. The quantitative estimate of drug-likeness (QED) is 0.305. The Labute approximate surface area is 148 Å². The molecule has 0 atom stereocenters. The van der Waals surface area contributed by atoms with Gasteiger partial charge in [-0.25, -0.2) is 0 Å². The predicted octanol–water partition coefficient (Wildman–Crippen LogP) is 6.16. The Bertz CT molecular complexity index is 466. The van der Waals surface area contributed by atoms with E-state index in [9.17, 15) is 9.13 Å². The zero-order valence-corrected chi connectivity index (χ0v) is 18.7. The van der Waals surface area contributed by atoms with Gasteiger partial charge in [0.2, 0.25) is 0 Å². The molecule has 0 aromatic rings. The Morgan fingerprint density at radius 1 is 1.04 bits per heavy atom. The van der Waals surface area contributed by atoms with Crippen LogP contribution < -0.4 is 0 Å².